The lowest BCUT2D eigenvalue weighted by Gasteiger charge is -2.01. The molecule has 3 heterocycles. The highest BCUT2D eigenvalue weighted by molar-refractivity contribution is 5.94. The van der Waals surface area contributed by atoms with Crippen LogP contribution in [0, 0.1) is 0 Å². The van der Waals surface area contributed by atoms with E-state index in [2.05, 4.69) is 15.1 Å². The van der Waals surface area contributed by atoms with Gasteiger partial charge in [-0.25, -0.2) is 0 Å². The van der Waals surface area contributed by atoms with E-state index in [1.165, 1.54) is 0 Å². The van der Waals surface area contributed by atoms with Gasteiger partial charge in [-0.1, -0.05) is 17.3 Å². The van der Waals surface area contributed by atoms with Gasteiger partial charge in [0, 0.05) is 35.9 Å². The summed E-state index contributed by atoms with van der Waals surface area (Å²) >= 11 is 0. The van der Waals surface area contributed by atoms with Crippen molar-refractivity contribution in [3.8, 4) is 11.5 Å². The Kier molecular flexibility index (Phi) is 2.70. The fourth-order valence-electron chi connectivity index (χ4n) is 2.56. The van der Waals surface area contributed by atoms with Gasteiger partial charge in [-0.2, -0.15) is 4.98 Å². The van der Waals surface area contributed by atoms with E-state index in [1.54, 1.807) is 6.20 Å². The van der Waals surface area contributed by atoms with Gasteiger partial charge in [0.1, 0.15) is 0 Å². The second kappa shape index (κ2) is 4.68. The minimum absolute atomic E-state index is 0.254. The molecular weight excluding hydrogens is 254 g/mol. The average Bonchev–Trinajstić information content (AvgIpc) is 3.17. The molecule has 0 N–H and O–H groups in total. The molecule has 3 aromatic rings. The van der Waals surface area contributed by atoms with Crippen molar-refractivity contribution >= 4 is 10.8 Å². The van der Waals surface area contributed by atoms with Gasteiger partial charge >= 0.3 is 0 Å². The maximum Gasteiger partial charge on any atom is 0.258 e. The first-order valence-electron chi connectivity index (χ1n) is 6.66. The summed E-state index contributed by atoms with van der Waals surface area (Å²) in [5.41, 5.74) is 0.947. The fourth-order valence-corrected chi connectivity index (χ4v) is 2.56. The van der Waals surface area contributed by atoms with Crippen molar-refractivity contribution in [1.29, 1.82) is 0 Å². The molecule has 2 aromatic heterocycles. The summed E-state index contributed by atoms with van der Waals surface area (Å²) in [6, 6.07) is 7.95. The molecule has 20 heavy (non-hydrogen) atoms. The number of hydrogen-bond donors (Lipinski definition) is 0. The lowest BCUT2D eigenvalue weighted by molar-refractivity contribution is 0.192. The van der Waals surface area contributed by atoms with Crippen molar-refractivity contribution in [1.82, 2.24) is 15.1 Å². The Bertz CT molecular complexity index is 742. The van der Waals surface area contributed by atoms with Gasteiger partial charge in [-0.05, 0) is 23.9 Å². The number of benzene rings is 1. The summed E-state index contributed by atoms with van der Waals surface area (Å²) in [6.45, 7) is 1.45. The first-order valence-corrected chi connectivity index (χ1v) is 6.66. The van der Waals surface area contributed by atoms with Gasteiger partial charge < -0.3 is 9.26 Å². The fraction of sp³-hybridized carbons (Fsp3) is 0.267. The molecular formula is C15H13N3O2. The predicted molar refractivity (Wildman–Crippen MR) is 73.2 cm³/mol. The summed E-state index contributed by atoms with van der Waals surface area (Å²) in [5.74, 6) is 1.55. The molecule has 1 aromatic carbocycles. The number of aromatic nitrogens is 3. The normalized spacial score (nSPS) is 18.7. The van der Waals surface area contributed by atoms with E-state index in [4.69, 9.17) is 9.26 Å². The zero-order valence-electron chi connectivity index (χ0n) is 10.8. The largest absolute Gasteiger partial charge is 0.381 e. The molecule has 5 heteroatoms. The van der Waals surface area contributed by atoms with Crippen molar-refractivity contribution in [2.45, 2.75) is 12.3 Å². The predicted octanol–water partition coefficient (Wildman–Crippen LogP) is 2.79. The van der Waals surface area contributed by atoms with Crippen LogP contribution < -0.4 is 0 Å². The highest BCUT2D eigenvalue weighted by Gasteiger charge is 2.23. The third kappa shape index (κ3) is 1.87. The standard InChI is InChI=1S/C15H13N3O2/c1-2-10-8-16-6-4-12(10)13(3-1)15-17-14(18-20-15)11-5-7-19-9-11/h1-4,6,8,11H,5,7,9H2. The number of pyridine rings is 1. The smallest absolute Gasteiger partial charge is 0.258 e. The molecule has 1 unspecified atom stereocenters. The molecule has 5 nitrogen and oxygen atoms in total. The summed E-state index contributed by atoms with van der Waals surface area (Å²) < 4.78 is 10.8. The average molecular weight is 267 g/mol. The Morgan fingerprint density at radius 2 is 2.20 bits per heavy atom. The minimum atomic E-state index is 0.254. The molecule has 0 radical (unpaired) electrons. The van der Waals surface area contributed by atoms with Crippen LogP contribution in [-0.4, -0.2) is 28.3 Å². The van der Waals surface area contributed by atoms with E-state index in [0.717, 1.165) is 35.2 Å². The first-order chi connectivity index (χ1) is 9.92. The van der Waals surface area contributed by atoms with Crippen LogP contribution in [0.4, 0.5) is 0 Å². The summed E-state index contributed by atoms with van der Waals surface area (Å²) in [6.07, 6.45) is 4.56. The Morgan fingerprint density at radius 3 is 3.10 bits per heavy atom. The Labute approximate surface area is 115 Å². The van der Waals surface area contributed by atoms with Crippen molar-refractivity contribution in [3.63, 3.8) is 0 Å². The second-order valence-electron chi connectivity index (χ2n) is 4.92. The summed E-state index contributed by atoms with van der Waals surface area (Å²) in [5, 5.41) is 6.23. The molecule has 0 aliphatic carbocycles. The van der Waals surface area contributed by atoms with E-state index in [9.17, 15) is 0 Å². The molecule has 0 saturated carbocycles. The molecule has 1 aliphatic rings. The molecule has 100 valence electrons. The van der Waals surface area contributed by atoms with Crippen LogP contribution >= 0.6 is 0 Å². The topological polar surface area (TPSA) is 61.0 Å². The second-order valence-corrected chi connectivity index (χ2v) is 4.92. The highest BCUT2D eigenvalue weighted by Crippen LogP contribution is 2.29. The Balaban J connectivity index is 1.79. The zero-order valence-corrected chi connectivity index (χ0v) is 10.8. The van der Waals surface area contributed by atoms with Gasteiger partial charge in [-0.15, -0.1) is 0 Å². The molecule has 1 fully saturated rings. The number of fused-ring (bicyclic) bond motifs is 1. The van der Waals surface area contributed by atoms with Crippen molar-refractivity contribution < 1.29 is 9.26 Å². The van der Waals surface area contributed by atoms with Crippen LogP contribution in [0.2, 0.25) is 0 Å². The number of nitrogens with zero attached hydrogens (tertiary/aromatic N) is 3. The molecule has 1 saturated heterocycles. The maximum atomic E-state index is 5.43. The van der Waals surface area contributed by atoms with E-state index in [0.29, 0.717) is 12.5 Å². The Morgan fingerprint density at radius 1 is 1.20 bits per heavy atom. The van der Waals surface area contributed by atoms with E-state index < -0.39 is 0 Å². The van der Waals surface area contributed by atoms with Crippen molar-refractivity contribution in [2.24, 2.45) is 0 Å². The minimum Gasteiger partial charge on any atom is -0.381 e. The maximum absolute atomic E-state index is 5.43. The number of hydrogen-bond acceptors (Lipinski definition) is 5. The first kappa shape index (κ1) is 11.5. The third-order valence-electron chi connectivity index (χ3n) is 3.65. The Hall–Kier alpha value is -2.27. The molecule has 0 bridgehead atoms. The number of rotatable bonds is 2. The zero-order chi connectivity index (χ0) is 13.4. The lowest BCUT2D eigenvalue weighted by Crippen LogP contribution is -1.99. The van der Waals surface area contributed by atoms with Gasteiger partial charge in [0.2, 0.25) is 0 Å². The molecule has 1 atom stereocenters. The van der Waals surface area contributed by atoms with Crippen LogP contribution in [0.3, 0.4) is 0 Å². The van der Waals surface area contributed by atoms with Crippen LogP contribution in [0.25, 0.3) is 22.2 Å². The molecule has 0 spiro atoms. The molecule has 4 rings (SSSR count). The van der Waals surface area contributed by atoms with E-state index in [-0.39, 0.29) is 5.92 Å². The van der Waals surface area contributed by atoms with Crippen molar-refractivity contribution in [3.05, 3.63) is 42.5 Å². The van der Waals surface area contributed by atoms with E-state index >= 15 is 0 Å². The monoisotopic (exact) mass is 267 g/mol. The van der Waals surface area contributed by atoms with Crippen LogP contribution in [0.5, 0.6) is 0 Å². The van der Waals surface area contributed by atoms with Crippen molar-refractivity contribution in [2.75, 3.05) is 13.2 Å². The third-order valence-corrected chi connectivity index (χ3v) is 3.65. The SMILES string of the molecule is c1cc(-c2nc(C3CCOC3)no2)c2ccncc2c1. The van der Waals surface area contributed by atoms with Gasteiger partial charge in [-0.3, -0.25) is 4.98 Å². The molecule has 0 amide bonds. The van der Waals surface area contributed by atoms with E-state index in [1.807, 2.05) is 30.5 Å². The van der Waals surface area contributed by atoms with Crippen LogP contribution in [0.1, 0.15) is 18.2 Å². The highest BCUT2D eigenvalue weighted by atomic mass is 16.5. The quantitative estimate of drug-likeness (QED) is 0.714. The summed E-state index contributed by atoms with van der Waals surface area (Å²) in [4.78, 5) is 8.67. The van der Waals surface area contributed by atoms with Gasteiger partial charge in [0.15, 0.2) is 5.82 Å². The van der Waals surface area contributed by atoms with Gasteiger partial charge in [0.05, 0.1) is 6.61 Å². The summed E-state index contributed by atoms with van der Waals surface area (Å²) in [7, 11) is 0. The number of ether oxygens (including phenoxy) is 1. The van der Waals surface area contributed by atoms with Gasteiger partial charge in [0.25, 0.3) is 5.89 Å². The van der Waals surface area contributed by atoms with Crippen LogP contribution in [0.15, 0.2) is 41.2 Å². The molecule has 1 aliphatic heterocycles. The lowest BCUT2D eigenvalue weighted by atomic mass is 10.1. The van der Waals surface area contributed by atoms with Crippen LogP contribution in [-0.2, 0) is 4.74 Å².